The average molecular weight is 367 g/mol. The zero-order valence-corrected chi connectivity index (χ0v) is 15.5. The van der Waals surface area contributed by atoms with Crippen LogP contribution in [0.3, 0.4) is 0 Å². The molecule has 2 heterocycles. The van der Waals surface area contributed by atoms with Crippen molar-refractivity contribution in [2.45, 2.75) is 19.4 Å². The topological polar surface area (TPSA) is 64.4 Å². The molecule has 0 N–H and O–H groups in total. The molecule has 134 valence electrons. The Bertz CT molecular complexity index is 809. The van der Waals surface area contributed by atoms with Crippen LogP contribution >= 0.6 is 11.3 Å². The summed E-state index contributed by atoms with van der Waals surface area (Å²) in [5.74, 6) is -0.0682. The Morgan fingerprint density at radius 3 is 2.73 bits per heavy atom. The van der Waals surface area contributed by atoms with Gasteiger partial charge in [-0.15, -0.1) is 11.3 Å². The summed E-state index contributed by atoms with van der Waals surface area (Å²) in [6.45, 7) is 1.69. The van der Waals surface area contributed by atoms with Crippen LogP contribution in [-0.4, -0.2) is 41.8 Å². The van der Waals surface area contributed by atoms with Crippen LogP contribution in [0.2, 0.25) is 0 Å². The highest BCUT2D eigenvalue weighted by Gasteiger charge is 2.30. The third-order valence-corrected chi connectivity index (χ3v) is 5.53. The SMILES string of the molecule is CN(Cc1ccc(C#N)cc1)C(=O)C1CCCN(C(=O)c2cccs2)C1. The highest BCUT2D eigenvalue weighted by Crippen LogP contribution is 2.22. The Hall–Kier alpha value is -2.65. The maximum atomic E-state index is 12.8. The lowest BCUT2D eigenvalue weighted by atomic mass is 9.96. The van der Waals surface area contributed by atoms with Gasteiger partial charge in [-0.1, -0.05) is 18.2 Å². The van der Waals surface area contributed by atoms with E-state index in [0.717, 1.165) is 23.3 Å². The number of hydrogen-bond donors (Lipinski definition) is 0. The maximum absolute atomic E-state index is 12.8. The third-order valence-electron chi connectivity index (χ3n) is 4.67. The summed E-state index contributed by atoms with van der Waals surface area (Å²) in [7, 11) is 1.79. The first-order valence-corrected chi connectivity index (χ1v) is 9.53. The maximum Gasteiger partial charge on any atom is 0.263 e. The van der Waals surface area contributed by atoms with Crippen LogP contribution in [0.1, 0.15) is 33.6 Å². The number of amides is 2. The van der Waals surface area contributed by atoms with E-state index in [-0.39, 0.29) is 17.7 Å². The zero-order chi connectivity index (χ0) is 18.5. The minimum absolute atomic E-state index is 0.0206. The molecule has 0 spiro atoms. The van der Waals surface area contributed by atoms with Gasteiger partial charge in [0.25, 0.3) is 5.91 Å². The molecule has 26 heavy (non-hydrogen) atoms. The summed E-state index contributed by atoms with van der Waals surface area (Å²) >= 11 is 1.44. The van der Waals surface area contributed by atoms with Crippen molar-refractivity contribution >= 4 is 23.2 Å². The van der Waals surface area contributed by atoms with Gasteiger partial charge in [-0.3, -0.25) is 9.59 Å². The molecule has 1 saturated heterocycles. The Labute approximate surface area is 157 Å². The molecule has 0 saturated carbocycles. The van der Waals surface area contributed by atoms with E-state index >= 15 is 0 Å². The lowest BCUT2D eigenvalue weighted by Crippen LogP contribution is -2.45. The smallest absolute Gasteiger partial charge is 0.263 e. The van der Waals surface area contributed by atoms with E-state index in [2.05, 4.69) is 6.07 Å². The summed E-state index contributed by atoms with van der Waals surface area (Å²) in [5, 5.41) is 10.8. The second-order valence-electron chi connectivity index (χ2n) is 6.57. The predicted octanol–water partition coefficient (Wildman–Crippen LogP) is 3.13. The number of carbonyl (C=O) groups excluding carboxylic acids is 2. The molecule has 0 aliphatic carbocycles. The number of likely N-dealkylation sites (tertiary alicyclic amines) is 1. The van der Waals surface area contributed by atoms with Crippen LogP contribution in [0.5, 0.6) is 0 Å². The molecular weight excluding hydrogens is 346 g/mol. The quantitative estimate of drug-likeness (QED) is 0.834. The van der Waals surface area contributed by atoms with Gasteiger partial charge >= 0.3 is 0 Å². The van der Waals surface area contributed by atoms with Crippen molar-refractivity contribution in [1.82, 2.24) is 9.80 Å². The number of rotatable bonds is 4. The molecule has 1 aliphatic rings. The molecule has 1 aromatic carbocycles. The van der Waals surface area contributed by atoms with E-state index in [1.54, 1.807) is 29.0 Å². The van der Waals surface area contributed by atoms with E-state index in [9.17, 15) is 9.59 Å². The Morgan fingerprint density at radius 2 is 2.08 bits per heavy atom. The molecular formula is C20H21N3O2S. The number of carbonyl (C=O) groups is 2. The van der Waals surface area contributed by atoms with E-state index in [0.29, 0.717) is 25.2 Å². The van der Waals surface area contributed by atoms with Crippen LogP contribution in [0.4, 0.5) is 0 Å². The summed E-state index contributed by atoms with van der Waals surface area (Å²) in [5.41, 5.74) is 1.60. The molecule has 2 amide bonds. The number of thiophene rings is 1. The van der Waals surface area contributed by atoms with E-state index in [1.165, 1.54) is 11.3 Å². The van der Waals surface area contributed by atoms with Gasteiger partial charge in [0.1, 0.15) is 0 Å². The molecule has 5 nitrogen and oxygen atoms in total. The standard InChI is InChI=1S/C20H21N3O2S/c1-22(13-16-8-6-15(12-21)7-9-16)19(24)17-4-2-10-23(14-17)20(25)18-5-3-11-26-18/h3,5-9,11,17H,2,4,10,13-14H2,1H3. The molecule has 3 rings (SSSR count). The second kappa shape index (κ2) is 8.15. The normalized spacial score (nSPS) is 16.8. The van der Waals surface area contributed by atoms with Gasteiger partial charge in [-0.25, -0.2) is 0 Å². The van der Waals surface area contributed by atoms with E-state index in [1.807, 2.05) is 29.6 Å². The highest BCUT2D eigenvalue weighted by molar-refractivity contribution is 7.12. The summed E-state index contributed by atoms with van der Waals surface area (Å²) in [6, 6.07) is 13.1. The Kier molecular flexibility index (Phi) is 5.69. The fraction of sp³-hybridized carbons (Fsp3) is 0.350. The lowest BCUT2D eigenvalue weighted by molar-refractivity contribution is -0.136. The van der Waals surface area contributed by atoms with Gasteiger partial charge in [0.2, 0.25) is 5.91 Å². The predicted molar refractivity (Wildman–Crippen MR) is 101 cm³/mol. The van der Waals surface area contributed by atoms with Crippen LogP contribution in [0, 0.1) is 17.2 Å². The number of nitriles is 1. The lowest BCUT2D eigenvalue weighted by Gasteiger charge is -2.33. The minimum Gasteiger partial charge on any atom is -0.341 e. The van der Waals surface area contributed by atoms with Crippen LogP contribution in [0.15, 0.2) is 41.8 Å². The van der Waals surface area contributed by atoms with Crippen molar-refractivity contribution in [1.29, 1.82) is 5.26 Å². The van der Waals surface area contributed by atoms with Crippen LogP contribution in [0.25, 0.3) is 0 Å². The average Bonchev–Trinajstić information content (AvgIpc) is 3.22. The summed E-state index contributed by atoms with van der Waals surface area (Å²) in [4.78, 5) is 29.6. The largest absolute Gasteiger partial charge is 0.341 e. The molecule has 0 radical (unpaired) electrons. The number of benzene rings is 1. The van der Waals surface area contributed by atoms with Gasteiger partial charge in [0, 0.05) is 26.7 Å². The van der Waals surface area contributed by atoms with Crippen LogP contribution in [-0.2, 0) is 11.3 Å². The molecule has 1 aromatic heterocycles. The number of hydrogen-bond acceptors (Lipinski definition) is 4. The van der Waals surface area contributed by atoms with E-state index < -0.39 is 0 Å². The zero-order valence-electron chi connectivity index (χ0n) is 14.7. The number of piperidine rings is 1. The van der Waals surface area contributed by atoms with Crippen molar-refractivity contribution in [3.8, 4) is 6.07 Å². The van der Waals surface area contributed by atoms with Gasteiger partial charge in [0.15, 0.2) is 0 Å². The first kappa shape index (κ1) is 18.2. The van der Waals surface area contributed by atoms with Crippen molar-refractivity contribution in [2.75, 3.05) is 20.1 Å². The van der Waals surface area contributed by atoms with Gasteiger partial charge in [-0.2, -0.15) is 5.26 Å². The fourth-order valence-electron chi connectivity index (χ4n) is 3.27. The molecule has 1 aliphatic heterocycles. The fourth-order valence-corrected chi connectivity index (χ4v) is 3.96. The second-order valence-corrected chi connectivity index (χ2v) is 7.52. The van der Waals surface area contributed by atoms with Crippen LogP contribution < -0.4 is 0 Å². The summed E-state index contributed by atoms with van der Waals surface area (Å²) < 4.78 is 0. The van der Waals surface area contributed by atoms with Gasteiger partial charge < -0.3 is 9.80 Å². The van der Waals surface area contributed by atoms with Crippen molar-refractivity contribution in [2.24, 2.45) is 5.92 Å². The van der Waals surface area contributed by atoms with E-state index in [4.69, 9.17) is 5.26 Å². The van der Waals surface area contributed by atoms with Gasteiger partial charge in [0.05, 0.1) is 22.4 Å². The van der Waals surface area contributed by atoms with Gasteiger partial charge in [-0.05, 0) is 42.0 Å². The molecule has 0 bridgehead atoms. The first-order valence-electron chi connectivity index (χ1n) is 8.65. The number of nitrogens with zero attached hydrogens (tertiary/aromatic N) is 3. The Morgan fingerprint density at radius 1 is 1.31 bits per heavy atom. The van der Waals surface area contributed by atoms with Crippen molar-refractivity contribution < 1.29 is 9.59 Å². The molecule has 6 heteroatoms. The minimum atomic E-state index is -0.156. The molecule has 1 unspecified atom stereocenters. The first-order chi connectivity index (χ1) is 12.6. The monoisotopic (exact) mass is 367 g/mol. The van der Waals surface area contributed by atoms with Crippen molar-refractivity contribution in [3.63, 3.8) is 0 Å². The summed E-state index contributed by atoms with van der Waals surface area (Å²) in [6.07, 6.45) is 1.66. The van der Waals surface area contributed by atoms with Crippen molar-refractivity contribution in [3.05, 3.63) is 57.8 Å². The Balaban J connectivity index is 1.61. The third kappa shape index (κ3) is 4.12. The molecule has 1 fully saturated rings. The molecule has 2 aromatic rings. The highest BCUT2D eigenvalue weighted by atomic mass is 32.1. The molecule has 1 atom stereocenters.